The maximum absolute atomic E-state index is 14.4. The van der Waals surface area contributed by atoms with Gasteiger partial charge in [-0.2, -0.15) is 0 Å². The normalized spacial score (nSPS) is 13.8. The standard InChI is InChI=1S/C28H25Cl2FN2O4/c29-17-26(34)33(21-12-14-32(15-13-21)28(36)37-18-19-6-2-1-3-7-19)25-11-10-20(30)16-23(25)27(35)22-8-4-5-9-24(22)31/h1-11,16,21H,12-15,17-18H2. The fourth-order valence-electron chi connectivity index (χ4n) is 4.41. The first kappa shape index (κ1) is 26.6. The van der Waals surface area contributed by atoms with Gasteiger partial charge in [0.1, 0.15) is 18.3 Å². The van der Waals surface area contributed by atoms with Crippen molar-refractivity contribution >= 4 is 46.7 Å². The fourth-order valence-corrected chi connectivity index (χ4v) is 4.71. The zero-order valence-corrected chi connectivity index (χ0v) is 21.4. The number of hydrogen-bond acceptors (Lipinski definition) is 4. The van der Waals surface area contributed by atoms with Crippen LogP contribution in [-0.2, 0) is 16.1 Å². The molecule has 4 rings (SSSR count). The van der Waals surface area contributed by atoms with Gasteiger partial charge in [-0.05, 0) is 48.7 Å². The number of carbonyl (C=O) groups is 3. The van der Waals surface area contributed by atoms with Crippen LogP contribution in [-0.4, -0.2) is 47.7 Å². The number of benzene rings is 3. The Bertz CT molecular complexity index is 1280. The van der Waals surface area contributed by atoms with Crippen LogP contribution in [0, 0.1) is 5.82 Å². The van der Waals surface area contributed by atoms with Crippen molar-refractivity contribution in [3.8, 4) is 0 Å². The van der Waals surface area contributed by atoms with Crippen molar-refractivity contribution in [2.75, 3.05) is 23.9 Å². The number of hydrogen-bond donors (Lipinski definition) is 0. The third-order valence-corrected chi connectivity index (χ3v) is 6.72. The van der Waals surface area contributed by atoms with Crippen molar-refractivity contribution in [2.24, 2.45) is 0 Å². The summed E-state index contributed by atoms with van der Waals surface area (Å²) in [5, 5.41) is 0.276. The summed E-state index contributed by atoms with van der Waals surface area (Å²) in [7, 11) is 0. The molecule has 3 aromatic rings. The van der Waals surface area contributed by atoms with Gasteiger partial charge < -0.3 is 14.5 Å². The lowest BCUT2D eigenvalue weighted by Crippen LogP contribution is -2.50. The highest BCUT2D eigenvalue weighted by Crippen LogP contribution is 2.32. The third kappa shape index (κ3) is 6.29. The molecule has 0 bridgehead atoms. The summed E-state index contributed by atoms with van der Waals surface area (Å²) in [5.74, 6) is -1.98. The van der Waals surface area contributed by atoms with Gasteiger partial charge in [0.05, 0.1) is 11.3 Å². The Kier molecular flexibility index (Phi) is 8.79. The van der Waals surface area contributed by atoms with Crippen LogP contribution in [0.25, 0.3) is 0 Å². The summed E-state index contributed by atoms with van der Waals surface area (Å²) in [4.78, 5) is 42.0. The van der Waals surface area contributed by atoms with E-state index in [1.807, 2.05) is 30.3 Å². The lowest BCUT2D eigenvalue weighted by molar-refractivity contribution is -0.116. The first-order chi connectivity index (χ1) is 17.9. The van der Waals surface area contributed by atoms with Gasteiger partial charge in [0.2, 0.25) is 5.91 Å². The van der Waals surface area contributed by atoms with E-state index in [2.05, 4.69) is 0 Å². The van der Waals surface area contributed by atoms with E-state index in [-0.39, 0.29) is 34.7 Å². The van der Waals surface area contributed by atoms with Gasteiger partial charge in [-0.15, -0.1) is 11.6 Å². The number of ketones is 1. The van der Waals surface area contributed by atoms with E-state index in [1.54, 1.807) is 23.1 Å². The summed E-state index contributed by atoms with van der Waals surface area (Å²) in [6.07, 6.45) is 0.456. The van der Waals surface area contributed by atoms with Crippen molar-refractivity contribution < 1.29 is 23.5 Å². The van der Waals surface area contributed by atoms with Crippen LogP contribution in [0.3, 0.4) is 0 Å². The molecule has 1 heterocycles. The second kappa shape index (κ2) is 12.2. The highest BCUT2D eigenvalue weighted by molar-refractivity contribution is 6.32. The van der Waals surface area contributed by atoms with Gasteiger partial charge >= 0.3 is 6.09 Å². The minimum atomic E-state index is -0.670. The van der Waals surface area contributed by atoms with E-state index in [4.69, 9.17) is 27.9 Å². The van der Waals surface area contributed by atoms with Crippen molar-refractivity contribution in [2.45, 2.75) is 25.5 Å². The summed E-state index contributed by atoms with van der Waals surface area (Å²) in [6, 6.07) is 19.3. The largest absolute Gasteiger partial charge is 0.445 e. The summed E-state index contributed by atoms with van der Waals surface area (Å²) in [5.41, 5.74) is 1.16. The maximum atomic E-state index is 14.4. The number of nitrogens with zero attached hydrogens (tertiary/aromatic N) is 2. The van der Waals surface area contributed by atoms with Crippen LogP contribution < -0.4 is 4.90 Å². The number of piperidine rings is 1. The van der Waals surface area contributed by atoms with Crippen LogP contribution in [0.15, 0.2) is 72.8 Å². The molecule has 1 aliphatic heterocycles. The summed E-state index contributed by atoms with van der Waals surface area (Å²) >= 11 is 12.1. The highest BCUT2D eigenvalue weighted by Gasteiger charge is 2.33. The Morgan fingerprint density at radius 2 is 1.62 bits per heavy atom. The SMILES string of the molecule is O=C(c1ccccc1F)c1cc(Cl)ccc1N(C(=O)CCl)C1CCN(C(=O)OCc2ccccc2)CC1. The zero-order chi connectivity index (χ0) is 26.4. The predicted octanol–water partition coefficient (Wildman–Crippen LogP) is 6.08. The van der Waals surface area contributed by atoms with E-state index in [1.165, 1.54) is 29.2 Å². The third-order valence-electron chi connectivity index (χ3n) is 6.26. The van der Waals surface area contributed by atoms with E-state index in [0.29, 0.717) is 31.6 Å². The smallest absolute Gasteiger partial charge is 0.410 e. The Morgan fingerprint density at radius 3 is 2.30 bits per heavy atom. The first-order valence-electron chi connectivity index (χ1n) is 11.8. The molecule has 0 N–H and O–H groups in total. The zero-order valence-electron chi connectivity index (χ0n) is 19.9. The summed E-state index contributed by atoms with van der Waals surface area (Å²) in [6.45, 7) is 0.881. The topological polar surface area (TPSA) is 66.9 Å². The molecule has 37 heavy (non-hydrogen) atoms. The molecule has 0 spiro atoms. The number of likely N-dealkylation sites (tertiary alicyclic amines) is 1. The molecule has 0 aliphatic carbocycles. The molecule has 0 atom stereocenters. The van der Waals surface area contributed by atoms with Gasteiger partial charge in [0.15, 0.2) is 5.78 Å². The Morgan fingerprint density at radius 1 is 0.946 bits per heavy atom. The molecule has 0 saturated carbocycles. The van der Waals surface area contributed by atoms with Crippen LogP contribution in [0.2, 0.25) is 5.02 Å². The Hall–Kier alpha value is -3.42. The monoisotopic (exact) mass is 542 g/mol. The minimum Gasteiger partial charge on any atom is -0.445 e. The number of alkyl halides is 1. The lowest BCUT2D eigenvalue weighted by atomic mass is 9.97. The molecule has 0 radical (unpaired) electrons. The Labute approximate surface area is 224 Å². The van der Waals surface area contributed by atoms with E-state index >= 15 is 0 Å². The molecular weight excluding hydrogens is 518 g/mol. The van der Waals surface area contributed by atoms with Crippen molar-refractivity contribution in [1.82, 2.24) is 4.90 Å². The van der Waals surface area contributed by atoms with E-state index in [9.17, 15) is 18.8 Å². The molecule has 1 aliphatic rings. The number of ether oxygens (including phenoxy) is 1. The number of carbonyl (C=O) groups excluding carboxylic acids is 3. The van der Waals surface area contributed by atoms with Crippen LogP contribution in [0.4, 0.5) is 14.9 Å². The van der Waals surface area contributed by atoms with Crippen LogP contribution in [0.1, 0.15) is 34.3 Å². The molecule has 192 valence electrons. The molecule has 2 amide bonds. The number of rotatable bonds is 7. The molecule has 1 fully saturated rings. The number of anilines is 1. The first-order valence-corrected chi connectivity index (χ1v) is 12.7. The maximum Gasteiger partial charge on any atom is 0.410 e. The summed E-state index contributed by atoms with van der Waals surface area (Å²) < 4.78 is 19.9. The average molecular weight is 543 g/mol. The van der Waals surface area contributed by atoms with E-state index in [0.717, 1.165) is 5.56 Å². The molecule has 3 aromatic carbocycles. The van der Waals surface area contributed by atoms with Gasteiger partial charge in [-0.3, -0.25) is 9.59 Å². The van der Waals surface area contributed by atoms with Crippen molar-refractivity contribution in [3.63, 3.8) is 0 Å². The predicted molar refractivity (Wildman–Crippen MR) is 141 cm³/mol. The van der Waals surface area contributed by atoms with Gasteiger partial charge in [-0.25, -0.2) is 9.18 Å². The second-order valence-electron chi connectivity index (χ2n) is 8.63. The molecule has 0 unspecified atom stereocenters. The van der Waals surface area contributed by atoms with Gasteiger partial charge in [0, 0.05) is 29.7 Å². The average Bonchev–Trinajstić information content (AvgIpc) is 2.93. The molecule has 9 heteroatoms. The Balaban J connectivity index is 1.53. The quantitative estimate of drug-likeness (QED) is 0.268. The number of halogens is 3. The van der Waals surface area contributed by atoms with Crippen LogP contribution >= 0.6 is 23.2 Å². The van der Waals surface area contributed by atoms with Crippen molar-refractivity contribution in [3.05, 3.63) is 100 Å². The van der Waals surface area contributed by atoms with Crippen molar-refractivity contribution in [1.29, 1.82) is 0 Å². The van der Waals surface area contributed by atoms with Gasteiger partial charge in [0.25, 0.3) is 0 Å². The van der Waals surface area contributed by atoms with Gasteiger partial charge in [-0.1, -0.05) is 54.1 Å². The van der Waals surface area contributed by atoms with E-state index < -0.39 is 23.6 Å². The highest BCUT2D eigenvalue weighted by atomic mass is 35.5. The molecule has 6 nitrogen and oxygen atoms in total. The molecule has 1 saturated heterocycles. The fraction of sp³-hybridized carbons (Fsp3) is 0.250. The second-order valence-corrected chi connectivity index (χ2v) is 9.33. The molecular formula is C28H25Cl2FN2O4. The minimum absolute atomic E-state index is 0.0979. The molecule has 0 aromatic heterocycles. The number of amides is 2. The lowest BCUT2D eigenvalue weighted by Gasteiger charge is -2.38. The van der Waals surface area contributed by atoms with Crippen LogP contribution in [0.5, 0.6) is 0 Å².